The zero-order valence-electron chi connectivity index (χ0n) is 22.6. The van der Waals surface area contributed by atoms with E-state index in [4.69, 9.17) is 23.2 Å². The van der Waals surface area contributed by atoms with E-state index >= 15 is 0 Å². The summed E-state index contributed by atoms with van der Waals surface area (Å²) >= 11 is 12.6. The molecule has 220 valence electrons. The Morgan fingerprint density at radius 3 is 2.39 bits per heavy atom. The number of halogens is 4. The minimum atomic E-state index is -1.22. The van der Waals surface area contributed by atoms with Crippen molar-refractivity contribution in [2.75, 3.05) is 5.32 Å². The summed E-state index contributed by atoms with van der Waals surface area (Å²) in [6.07, 6.45) is 4.44. The maximum Gasteiger partial charge on any atom is 0.332 e. The van der Waals surface area contributed by atoms with E-state index in [1.165, 1.54) is 34.0 Å². The number of hydrogen-bond acceptors (Lipinski definition) is 7. The monoisotopic (exact) mass is 634 g/mol. The number of nitrogens with zero attached hydrogens (tertiary/aromatic N) is 7. The molecule has 1 amide bonds. The number of anilines is 1. The fourth-order valence-corrected chi connectivity index (χ4v) is 5.94. The molecule has 15 heteroatoms. The molecule has 11 nitrogen and oxygen atoms in total. The normalized spacial score (nSPS) is 12.7. The van der Waals surface area contributed by atoms with Gasteiger partial charge in [0.05, 0.1) is 46.0 Å². The Morgan fingerprint density at radius 1 is 0.886 bits per heavy atom. The van der Waals surface area contributed by atoms with Crippen molar-refractivity contribution in [3.63, 3.8) is 0 Å². The molecule has 0 bridgehead atoms. The number of carbonyl (C=O) groups excluding carboxylic acids is 1. The standard InChI is InChI=1S/C29H18Cl2F2N8O3/c1-39-12-36-22(38-39)11-41-28(43)24-21(40(29(41)44)10-13-4-18(31)25(33)19(32)5-13)8-16(26-27(24)35-3-2-34-26)15-6-14-7-23(42)37-20(14)9-17(15)30/h2-6,8-9,12H,7,10-11H2,1H3,(H,37,42). The van der Waals surface area contributed by atoms with Gasteiger partial charge in [-0.05, 0) is 41.5 Å². The zero-order valence-corrected chi connectivity index (χ0v) is 24.1. The van der Waals surface area contributed by atoms with Crippen molar-refractivity contribution in [2.45, 2.75) is 19.5 Å². The number of nitrogens with one attached hydrogen (secondary N) is 1. The van der Waals surface area contributed by atoms with E-state index in [9.17, 15) is 23.2 Å². The van der Waals surface area contributed by atoms with Gasteiger partial charge in [0, 0.05) is 36.3 Å². The van der Waals surface area contributed by atoms with Gasteiger partial charge in [-0.15, -0.1) is 0 Å². The second-order valence-corrected chi connectivity index (χ2v) is 11.1. The summed E-state index contributed by atoms with van der Waals surface area (Å²) in [6, 6.07) is 7.08. The third kappa shape index (κ3) is 4.52. The second-order valence-electron chi connectivity index (χ2n) is 10.3. The molecular formula is C29H18Cl2F2N8O3. The summed E-state index contributed by atoms with van der Waals surface area (Å²) in [6.45, 7) is -0.558. The highest BCUT2D eigenvalue weighted by Gasteiger charge is 2.25. The molecule has 1 N–H and O–H groups in total. The van der Waals surface area contributed by atoms with Crippen LogP contribution in [0.15, 0.2) is 58.6 Å². The third-order valence-corrected chi connectivity index (χ3v) is 7.97. The first-order chi connectivity index (χ1) is 21.1. The summed E-state index contributed by atoms with van der Waals surface area (Å²) in [5.74, 6) is -2.39. The molecule has 4 heterocycles. The van der Waals surface area contributed by atoms with E-state index in [0.29, 0.717) is 27.9 Å². The van der Waals surface area contributed by atoms with Gasteiger partial charge in [-0.3, -0.25) is 33.4 Å². The predicted molar refractivity (Wildman–Crippen MR) is 159 cm³/mol. The van der Waals surface area contributed by atoms with Gasteiger partial charge in [0.15, 0.2) is 17.5 Å². The van der Waals surface area contributed by atoms with Crippen molar-refractivity contribution in [2.24, 2.45) is 7.05 Å². The molecule has 0 fully saturated rings. The summed E-state index contributed by atoms with van der Waals surface area (Å²) in [5.41, 5.74) is 1.58. The van der Waals surface area contributed by atoms with Crippen molar-refractivity contribution in [1.29, 1.82) is 0 Å². The number of rotatable bonds is 5. The average molecular weight is 635 g/mol. The molecule has 0 aliphatic carbocycles. The highest BCUT2D eigenvalue weighted by molar-refractivity contribution is 6.34. The van der Waals surface area contributed by atoms with Crippen LogP contribution in [0.3, 0.4) is 0 Å². The maximum atomic E-state index is 14.4. The van der Waals surface area contributed by atoms with Crippen molar-refractivity contribution in [1.82, 2.24) is 33.9 Å². The van der Waals surface area contributed by atoms with Crippen LogP contribution >= 0.6 is 23.2 Å². The molecule has 1 aliphatic rings. The van der Waals surface area contributed by atoms with Crippen LogP contribution in [0.2, 0.25) is 10.0 Å². The number of amides is 1. The van der Waals surface area contributed by atoms with E-state index in [1.54, 1.807) is 25.2 Å². The fourth-order valence-electron chi connectivity index (χ4n) is 5.44. The summed E-state index contributed by atoms with van der Waals surface area (Å²) in [7, 11) is 1.64. The predicted octanol–water partition coefficient (Wildman–Crippen LogP) is 4.08. The number of carbonyl (C=O) groups is 1. The van der Waals surface area contributed by atoms with Crippen molar-refractivity contribution in [3.8, 4) is 11.1 Å². The highest BCUT2D eigenvalue weighted by Crippen LogP contribution is 2.39. The quantitative estimate of drug-likeness (QED) is 0.223. The van der Waals surface area contributed by atoms with Crippen molar-refractivity contribution < 1.29 is 13.6 Å². The summed E-state index contributed by atoms with van der Waals surface area (Å²) in [4.78, 5) is 53.3. The fraction of sp³-hybridized carbons (Fsp3) is 0.138. The van der Waals surface area contributed by atoms with Crippen molar-refractivity contribution >= 4 is 56.7 Å². The number of aromatic nitrogens is 7. The molecule has 0 atom stereocenters. The molecule has 44 heavy (non-hydrogen) atoms. The van der Waals surface area contributed by atoms with Gasteiger partial charge in [-0.2, -0.15) is 5.10 Å². The largest absolute Gasteiger partial charge is 0.332 e. The molecule has 0 saturated heterocycles. The molecule has 0 unspecified atom stereocenters. The molecule has 1 aliphatic heterocycles. The van der Waals surface area contributed by atoms with Gasteiger partial charge in [0.25, 0.3) is 5.56 Å². The number of hydrogen-bond donors (Lipinski definition) is 1. The van der Waals surface area contributed by atoms with E-state index in [-0.39, 0.29) is 58.2 Å². The Kier molecular flexibility index (Phi) is 6.52. The molecule has 3 aromatic carbocycles. The Morgan fingerprint density at radius 2 is 1.66 bits per heavy atom. The molecule has 7 rings (SSSR count). The van der Waals surface area contributed by atoms with Gasteiger partial charge in [0.2, 0.25) is 5.91 Å². The van der Waals surface area contributed by atoms with Crippen LogP contribution < -0.4 is 16.6 Å². The third-order valence-electron chi connectivity index (χ3n) is 7.38. The Balaban J connectivity index is 1.56. The summed E-state index contributed by atoms with van der Waals surface area (Å²) in [5, 5.41) is 6.82. The SMILES string of the molecule is Cn1cnc(Cn2c(=O)c3c4nccnc4c(-c4cc5c(cc4Cl)NC(=O)C5)cc3n(Cc3cc(F)c(F)c(Cl)c3)c2=O)n1. The minimum absolute atomic E-state index is 0.0511. The molecule has 6 aromatic rings. The first kappa shape index (κ1) is 27.8. The zero-order chi connectivity index (χ0) is 30.9. The second kappa shape index (κ2) is 10.3. The van der Waals surface area contributed by atoms with Gasteiger partial charge in [-0.1, -0.05) is 23.2 Å². The number of fused-ring (bicyclic) bond motifs is 4. The molecular weight excluding hydrogens is 617 g/mol. The lowest BCUT2D eigenvalue weighted by Gasteiger charge is -2.17. The summed E-state index contributed by atoms with van der Waals surface area (Å²) < 4.78 is 32.0. The lowest BCUT2D eigenvalue weighted by atomic mass is 9.98. The Hall–Kier alpha value is -5.01. The van der Waals surface area contributed by atoms with Crippen molar-refractivity contribution in [3.05, 3.63) is 109 Å². The Labute approximate surface area is 255 Å². The molecule has 0 radical (unpaired) electrons. The first-order valence-corrected chi connectivity index (χ1v) is 13.9. The highest BCUT2D eigenvalue weighted by atomic mass is 35.5. The van der Waals surface area contributed by atoms with Crippen LogP contribution in [0, 0.1) is 11.6 Å². The van der Waals surface area contributed by atoms with Crippen LogP contribution in [0.25, 0.3) is 33.1 Å². The van der Waals surface area contributed by atoms with Crippen LogP contribution in [-0.4, -0.2) is 39.8 Å². The average Bonchev–Trinajstić information content (AvgIpc) is 3.58. The van der Waals surface area contributed by atoms with Crippen LogP contribution in [0.4, 0.5) is 14.5 Å². The van der Waals surface area contributed by atoms with Crippen LogP contribution in [0.5, 0.6) is 0 Å². The van der Waals surface area contributed by atoms with E-state index in [1.807, 2.05) is 0 Å². The molecule has 3 aromatic heterocycles. The first-order valence-electron chi connectivity index (χ1n) is 13.1. The van der Waals surface area contributed by atoms with Crippen LogP contribution in [0.1, 0.15) is 17.0 Å². The number of aryl methyl sites for hydroxylation is 1. The van der Waals surface area contributed by atoms with Gasteiger partial charge >= 0.3 is 5.69 Å². The minimum Gasteiger partial charge on any atom is -0.325 e. The smallest absolute Gasteiger partial charge is 0.325 e. The topological polar surface area (TPSA) is 130 Å². The van der Waals surface area contributed by atoms with E-state index in [0.717, 1.165) is 10.6 Å². The van der Waals surface area contributed by atoms with E-state index in [2.05, 4.69) is 25.4 Å². The maximum absolute atomic E-state index is 14.4. The van der Waals surface area contributed by atoms with Gasteiger partial charge < -0.3 is 5.32 Å². The van der Waals surface area contributed by atoms with Crippen LogP contribution in [-0.2, 0) is 31.4 Å². The van der Waals surface area contributed by atoms with Gasteiger partial charge in [-0.25, -0.2) is 18.6 Å². The Bertz CT molecular complexity index is 2310. The lowest BCUT2D eigenvalue weighted by Crippen LogP contribution is -2.41. The lowest BCUT2D eigenvalue weighted by molar-refractivity contribution is -0.115. The molecule has 0 saturated carbocycles. The van der Waals surface area contributed by atoms with E-state index < -0.39 is 27.9 Å². The molecule has 0 spiro atoms. The number of benzene rings is 3. The van der Waals surface area contributed by atoms with Gasteiger partial charge in [0.1, 0.15) is 11.8 Å².